The topological polar surface area (TPSA) is 213 Å². The molecule has 15 heteroatoms. The second kappa shape index (κ2) is 13.0. The monoisotopic (exact) mass is 607 g/mol. The predicted molar refractivity (Wildman–Crippen MR) is 152 cm³/mol. The van der Waals surface area contributed by atoms with Gasteiger partial charge in [-0.1, -0.05) is 37.3 Å². The van der Waals surface area contributed by atoms with E-state index in [1.54, 1.807) is 25.6 Å². The Hall–Kier alpha value is -3.20. The normalized spacial score (nSPS) is 23.6. The second-order valence-corrected chi connectivity index (χ2v) is 13.3. The van der Waals surface area contributed by atoms with Crippen LogP contribution in [0.2, 0.25) is 0 Å². The number of nitrogens with one attached hydrogen (secondary N) is 1. The van der Waals surface area contributed by atoms with Gasteiger partial charge in [0.15, 0.2) is 6.10 Å². The van der Waals surface area contributed by atoms with Crippen molar-refractivity contribution in [1.29, 1.82) is 0 Å². The van der Waals surface area contributed by atoms with Gasteiger partial charge >= 0.3 is 6.09 Å². The maximum Gasteiger partial charge on any atom is 0.405 e. The summed E-state index contributed by atoms with van der Waals surface area (Å²) in [6.07, 6.45) is 4.83. The van der Waals surface area contributed by atoms with Gasteiger partial charge < -0.3 is 31.5 Å². The van der Waals surface area contributed by atoms with E-state index in [-0.39, 0.29) is 38.1 Å². The molecule has 2 saturated heterocycles. The van der Waals surface area contributed by atoms with Crippen molar-refractivity contribution in [1.82, 2.24) is 25.2 Å². The van der Waals surface area contributed by atoms with Gasteiger partial charge in [0.05, 0.1) is 17.9 Å². The van der Waals surface area contributed by atoms with Crippen molar-refractivity contribution in [3.05, 3.63) is 11.9 Å². The lowest BCUT2D eigenvalue weighted by molar-refractivity contribution is -0.148. The molecular formula is C27H41N7O7S. The van der Waals surface area contributed by atoms with Crippen molar-refractivity contribution in [2.75, 3.05) is 18.1 Å². The molecule has 232 valence electrons. The number of thioether (sulfide) groups is 1. The lowest BCUT2D eigenvalue weighted by Gasteiger charge is -2.37. The van der Waals surface area contributed by atoms with Gasteiger partial charge in [0.2, 0.25) is 11.7 Å². The number of carbonyl (C=O) groups excluding carboxylic acids is 5. The molecule has 6 N–H and O–H groups in total. The van der Waals surface area contributed by atoms with E-state index in [1.807, 2.05) is 0 Å². The van der Waals surface area contributed by atoms with Crippen molar-refractivity contribution in [3.8, 4) is 0 Å². The third-order valence-electron chi connectivity index (χ3n) is 8.59. The number of rotatable bonds is 10. The smallest absolute Gasteiger partial charge is 0.405 e. The van der Waals surface area contributed by atoms with Crippen LogP contribution in [0, 0.1) is 5.92 Å². The molecule has 1 aromatic heterocycles. The molecule has 3 fully saturated rings. The molecule has 4 amide bonds. The van der Waals surface area contributed by atoms with Crippen LogP contribution in [0.25, 0.3) is 0 Å². The van der Waals surface area contributed by atoms with Crippen LogP contribution in [-0.4, -0.2) is 90.3 Å². The zero-order chi connectivity index (χ0) is 30.7. The SMILES string of the molecule is CC(C)(O)c1cnnn1[C@H]1C[C@@H](C(=O)NC2(C(=O)C(N)=O)CCSCC2)N(C(=O)[C@@H](CC2CCCCC2)OC(N)=O)C1. The molecule has 0 radical (unpaired) electrons. The molecule has 4 rings (SSSR count). The Balaban J connectivity index is 1.66. The molecule has 3 heterocycles. The van der Waals surface area contributed by atoms with Gasteiger partial charge in [-0.15, -0.1) is 5.10 Å². The minimum absolute atomic E-state index is 0.000728. The fourth-order valence-electron chi connectivity index (χ4n) is 6.37. The van der Waals surface area contributed by atoms with Crippen molar-refractivity contribution in [2.24, 2.45) is 17.4 Å². The van der Waals surface area contributed by atoms with Gasteiger partial charge in [-0.3, -0.25) is 19.2 Å². The minimum Gasteiger partial charge on any atom is -0.436 e. The number of hydrogen-bond donors (Lipinski definition) is 4. The standard InChI is InChI=1S/C27H41N7O7S/c1-26(2,40)20-14-30-32-34(20)17-13-18(23(37)31-27(21(35)22(28)36)8-10-42-11-9-27)33(15-17)24(38)19(41-25(29)39)12-16-6-4-3-5-7-16/h14,16-19,40H,3-13,15H2,1-2H3,(H2,28,36)(H2,29,39)(H,31,37)/t17-,18-,19+/m0/s1. The van der Waals surface area contributed by atoms with Crippen LogP contribution in [-0.2, 0) is 29.5 Å². The number of carbonyl (C=O) groups is 5. The van der Waals surface area contributed by atoms with Gasteiger partial charge in [0.25, 0.3) is 11.8 Å². The first-order valence-corrected chi connectivity index (χ1v) is 15.6. The van der Waals surface area contributed by atoms with Gasteiger partial charge in [0, 0.05) is 13.0 Å². The average Bonchev–Trinajstić information content (AvgIpc) is 3.61. The zero-order valence-electron chi connectivity index (χ0n) is 24.1. The van der Waals surface area contributed by atoms with Crippen molar-refractivity contribution >= 4 is 41.4 Å². The van der Waals surface area contributed by atoms with Crippen LogP contribution >= 0.6 is 11.8 Å². The molecular weight excluding hydrogens is 566 g/mol. The Morgan fingerprint density at radius 3 is 2.43 bits per heavy atom. The number of ketones is 1. The van der Waals surface area contributed by atoms with Crippen molar-refractivity contribution < 1.29 is 33.8 Å². The predicted octanol–water partition coefficient (Wildman–Crippen LogP) is 0.518. The number of aliphatic hydroxyl groups is 1. The minimum atomic E-state index is -1.47. The largest absolute Gasteiger partial charge is 0.436 e. The van der Waals surface area contributed by atoms with E-state index < -0.39 is 58.9 Å². The Labute approximate surface area is 248 Å². The van der Waals surface area contributed by atoms with Gasteiger partial charge in [-0.2, -0.15) is 11.8 Å². The maximum absolute atomic E-state index is 14.1. The first-order chi connectivity index (χ1) is 19.8. The number of nitrogens with zero attached hydrogens (tertiary/aromatic N) is 4. The van der Waals surface area contributed by atoms with E-state index in [9.17, 15) is 29.1 Å². The maximum atomic E-state index is 14.1. The fraction of sp³-hybridized carbons (Fsp3) is 0.741. The second-order valence-electron chi connectivity index (χ2n) is 12.1. The molecule has 2 aliphatic heterocycles. The molecule has 0 spiro atoms. The van der Waals surface area contributed by atoms with E-state index in [2.05, 4.69) is 15.6 Å². The fourth-order valence-corrected chi connectivity index (χ4v) is 7.56. The number of likely N-dealkylation sites (tertiary alicyclic amines) is 1. The molecule has 3 atom stereocenters. The molecule has 0 unspecified atom stereocenters. The van der Waals surface area contributed by atoms with Gasteiger partial charge in [-0.25, -0.2) is 9.48 Å². The molecule has 1 aromatic rings. The lowest BCUT2D eigenvalue weighted by atomic mass is 9.85. The molecule has 14 nitrogen and oxygen atoms in total. The summed E-state index contributed by atoms with van der Waals surface area (Å²) in [7, 11) is 0. The molecule has 3 aliphatic rings. The highest BCUT2D eigenvalue weighted by Gasteiger charge is 2.49. The number of hydrogen-bond acceptors (Lipinski definition) is 10. The summed E-state index contributed by atoms with van der Waals surface area (Å²) in [6.45, 7) is 3.15. The van der Waals surface area contributed by atoms with E-state index in [4.69, 9.17) is 16.2 Å². The number of aromatic nitrogens is 3. The summed E-state index contributed by atoms with van der Waals surface area (Å²) >= 11 is 1.60. The first kappa shape index (κ1) is 31.7. The summed E-state index contributed by atoms with van der Waals surface area (Å²) < 4.78 is 6.81. The summed E-state index contributed by atoms with van der Waals surface area (Å²) in [6, 6.07) is -1.67. The summed E-state index contributed by atoms with van der Waals surface area (Å²) in [5.74, 6) is -1.99. The Kier molecular flexibility index (Phi) is 9.81. The third-order valence-corrected chi connectivity index (χ3v) is 9.57. The number of amides is 4. The molecule has 1 aliphatic carbocycles. The van der Waals surface area contributed by atoms with Crippen LogP contribution in [0.15, 0.2) is 6.20 Å². The first-order valence-electron chi connectivity index (χ1n) is 14.5. The van der Waals surface area contributed by atoms with E-state index >= 15 is 0 Å². The zero-order valence-corrected chi connectivity index (χ0v) is 24.9. The molecule has 0 aromatic carbocycles. The van der Waals surface area contributed by atoms with Crippen molar-refractivity contribution in [3.63, 3.8) is 0 Å². The quantitative estimate of drug-likeness (QED) is 0.271. The average molecular weight is 608 g/mol. The van der Waals surface area contributed by atoms with Crippen LogP contribution < -0.4 is 16.8 Å². The third kappa shape index (κ3) is 7.05. The Bertz CT molecular complexity index is 1190. The highest BCUT2D eigenvalue weighted by atomic mass is 32.2. The number of nitrogens with two attached hydrogens (primary N) is 2. The van der Waals surface area contributed by atoms with E-state index in [0.29, 0.717) is 17.2 Å². The van der Waals surface area contributed by atoms with Gasteiger partial charge in [0.1, 0.15) is 17.2 Å². The van der Waals surface area contributed by atoms with Gasteiger partial charge in [-0.05, 0) is 50.5 Å². The van der Waals surface area contributed by atoms with Crippen LogP contribution in [0.4, 0.5) is 4.79 Å². The van der Waals surface area contributed by atoms with Crippen LogP contribution in [0.1, 0.15) is 83.4 Å². The highest BCUT2D eigenvalue weighted by Crippen LogP contribution is 2.35. The summed E-state index contributed by atoms with van der Waals surface area (Å²) in [4.78, 5) is 66.1. The molecule has 1 saturated carbocycles. The molecule has 42 heavy (non-hydrogen) atoms. The number of ether oxygens (including phenoxy) is 1. The Morgan fingerprint density at radius 1 is 1.17 bits per heavy atom. The van der Waals surface area contributed by atoms with Crippen LogP contribution in [0.3, 0.4) is 0 Å². The lowest BCUT2D eigenvalue weighted by Crippen LogP contribution is -2.63. The summed E-state index contributed by atoms with van der Waals surface area (Å²) in [5.41, 5.74) is 8.32. The van der Waals surface area contributed by atoms with E-state index in [1.165, 1.54) is 15.8 Å². The number of primary amides is 2. The highest BCUT2D eigenvalue weighted by molar-refractivity contribution is 7.99. The summed E-state index contributed by atoms with van der Waals surface area (Å²) in [5, 5.41) is 21.5. The number of Topliss-reactive ketones (excluding diaryl/α,β-unsaturated/α-hetero) is 1. The molecule has 0 bridgehead atoms. The van der Waals surface area contributed by atoms with Crippen molar-refractivity contribution in [2.45, 2.75) is 101 Å². The van der Waals surface area contributed by atoms with E-state index in [0.717, 1.165) is 32.1 Å². The Morgan fingerprint density at radius 2 is 1.83 bits per heavy atom. The van der Waals surface area contributed by atoms with Crippen LogP contribution in [0.5, 0.6) is 0 Å².